The Hall–Kier alpha value is -5.04. The molecule has 282 valence electrons. The third-order valence-electron chi connectivity index (χ3n) is 10.8. The van der Waals surface area contributed by atoms with Crippen molar-refractivity contribution in [2.45, 2.75) is 73.5 Å². The summed E-state index contributed by atoms with van der Waals surface area (Å²) in [7, 11) is 2.07. The van der Waals surface area contributed by atoms with Crippen LogP contribution in [0.3, 0.4) is 0 Å². The molecule has 0 aliphatic rings. The quantitative estimate of drug-likeness (QED) is 0.0865. The number of hydrogen-bond donors (Lipinski definition) is 0. The molecular weight excluding hydrogens is 725 g/mol. The van der Waals surface area contributed by atoms with E-state index in [-0.39, 0.29) is 6.04 Å². The van der Waals surface area contributed by atoms with Gasteiger partial charge in [0.1, 0.15) is 24.4 Å². The first-order chi connectivity index (χ1) is 26.5. The summed E-state index contributed by atoms with van der Waals surface area (Å²) >= 11 is 13.8. The number of carbonyl (C=O) groups excluding carboxylic acids is 1. The molecule has 6 nitrogen and oxygen atoms in total. The van der Waals surface area contributed by atoms with Gasteiger partial charge in [0.2, 0.25) is 0 Å². The Labute approximate surface area is 333 Å². The van der Waals surface area contributed by atoms with Crippen molar-refractivity contribution in [2.75, 3.05) is 6.61 Å². The van der Waals surface area contributed by atoms with Crippen molar-refractivity contribution in [3.63, 3.8) is 0 Å². The van der Waals surface area contributed by atoms with E-state index in [1.165, 1.54) is 5.56 Å². The smallest absolute Gasteiger partial charge is 0.150 e. The molecule has 7 rings (SSSR count). The maximum Gasteiger partial charge on any atom is 0.150 e. The Morgan fingerprint density at radius 3 is 2.22 bits per heavy atom. The number of nitrogens with zero attached hydrogens (tertiary/aromatic N) is 3. The first-order valence-electron chi connectivity index (χ1n) is 18.9. The third-order valence-corrected chi connectivity index (χ3v) is 11.7. The number of carbonyl (C=O) groups is 1. The molecule has 0 spiro atoms. The zero-order chi connectivity index (χ0) is 39.0. The van der Waals surface area contributed by atoms with Crippen LogP contribution in [-0.4, -0.2) is 27.0 Å². The van der Waals surface area contributed by atoms with E-state index in [0.29, 0.717) is 23.8 Å². The molecule has 0 saturated carbocycles. The van der Waals surface area contributed by atoms with Gasteiger partial charge in [-0.3, -0.25) is 9.78 Å². The maximum atomic E-state index is 12.1. The van der Waals surface area contributed by atoms with E-state index in [0.717, 1.165) is 114 Å². The monoisotopic (exact) mass is 771 g/mol. The van der Waals surface area contributed by atoms with Crippen LogP contribution in [-0.2, 0) is 20.1 Å². The zero-order valence-electron chi connectivity index (χ0n) is 32.6. The molecule has 8 heteroatoms. The molecule has 1 atom stereocenters. The SMILES string of the molecule is CC[C@@H](C)n1c(-c2cn(C)c3ccc(C=O)cc23)c(CCCOc2cc(C)c(Cl)c(C)c2)c2ccc(Cl)c(-c3c(C)cc(OCc4ccccn4)cc3C)c21. The topological polar surface area (TPSA) is 58.3 Å². The number of aryl methyl sites for hydroxylation is 6. The lowest BCUT2D eigenvalue weighted by atomic mass is 9.92. The van der Waals surface area contributed by atoms with Gasteiger partial charge in [-0.1, -0.05) is 42.3 Å². The molecule has 7 aromatic rings. The van der Waals surface area contributed by atoms with Gasteiger partial charge in [-0.25, -0.2) is 0 Å². The van der Waals surface area contributed by atoms with Crippen molar-refractivity contribution in [3.8, 4) is 33.9 Å². The molecule has 0 unspecified atom stereocenters. The number of benzene rings is 4. The Kier molecular flexibility index (Phi) is 11.1. The van der Waals surface area contributed by atoms with Gasteiger partial charge < -0.3 is 18.6 Å². The molecule has 3 aromatic heterocycles. The molecule has 0 aliphatic heterocycles. The standard InChI is InChI=1S/C47H47Cl2N3O3/c1-8-32(6)52-46(40-25-51(7)42-17-14-33(26-53)24-39(40)42)37(13-11-19-54-35-22-30(4)45(49)31(5)23-35)38-15-16-41(48)44(47(38)52)43-28(2)20-36(21-29(43)3)55-27-34-12-9-10-18-50-34/h9-10,12,14-18,20-26,32H,8,11,13,19,27H2,1-7H3/t32-/m1/s1. The minimum Gasteiger partial charge on any atom is -0.494 e. The van der Waals surface area contributed by atoms with Crippen molar-refractivity contribution < 1.29 is 14.3 Å². The minimum absolute atomic E-state index is 0.130. The Balaban J connectivity index is 1.41. The summed E-state index contributed by atoms with van der Waals surface area (Å²) in [6.45, 7) is 13.7. The van der Waals surface area contributed by atoms with Gasteiger partial charge in [-0.15, -0.1) is 0 Å². The Bertz CT molecular complexity index is 2510. The van der Waals surface area contributed by atoms with Crippen molar-refractivity contribution in [2.24, 2.45) is 7.05 Å². The molecule has 0 aliphatic carbocycles. The number of aldehydes is 1. The summed E-state index contributed by atoms with van der Waals surface area (Å²) in [6, 6.07) is 24.3. The average Bonchev–Trinajstić information content (AvgIpc) is 3.68. The largest absolute Gasteiger partial charge is 0.494 e. The molecule has 0 amide bonds. The van der Waals surface area contributed by atoms with Crippen LogP contribution in [0.25, 0.3) is 44.2 Å². The summed E-state index contributed by atoms with van der Waals surface area (Å²) in [5, 5.41) is 3.66. The van der Waals surface area contributed by atoms with Crippen LogP contribution in [0.15, 0.2) is 85.2 Å². The lowest BCUT2D eigenvalue weighted by Gasteiger charge is -2.22. The summed E-state index contributed by atoms with van der Waals surface area (Å²) < 4.78 is 17.2. The van der Waals surface area contributed by atoms with E-state index in [9.17, 15) is 4.79 Å². The number of ether oxygens (including phenoxy) is 2. The Morgan fingerprint density at radius 2 is 1.55 bits per heavy atom. The minimum atomic E-state index is 0.130. The average molecular weight is 773 g/mol. The number of halogens is 2. The molecule has 0 radical (unpaired) electrons. The summed E-state index contributed by atoms with van der Waals surface area (Å²) in [5.74, 6) is 1.61. The van der Waals surface area contributed by atoms with Crippen LogP contribution >= 0.6 is 23.2 Å². The van der Waals surface area contributed by atoms with Crippen molar-refractivity contribution in [1.29, 1.82) is 0 Å². The van der Waals surface area contributed by atoms with Crippen LogP contribution in [0, 0.1) is 27.7 Å². The Morgan fingerprint density at radius 1 is 0.836 bits per heavy atom. The molecule has 0 saturated heterocycles. The molecule has 0 bridgehead atoms. The van der Waals surface area contributed by atoms with Crippen molar-refractivity contribution in [1.82, 2.24) is 14.1 Å². The highest BCUT2D eigenvalue weighted by molar-refractivity contribution is 6.35. The van der Waals surface area contributed by atoms with Gasteiger partial charge >= 0.3 is 0 Å². The van der Waals surface area contributed by atoms with Crippen LogP contribution in [0.1, 0.15) is 76.6 Å². The highest BCUT2D eigenvalue weighted by atomic mass is 35.5. The van der Waals surface area contributed by atoms with E-state index in [4.69, 9.17) is 32.7 Å². The van der Waals surface area contributed by atoms with E-state index in [2.05, 4.69) is 73.3 Å². The second kappa shape index (κ2) is 16.0. The first-order valence-corrected chi connectivity index (χ1v) is 19.7. The van der Waals surface area contributed by atoms with Gasteiger partial charge in [0.25, 0.3) is 0 Å². The van der Waals surface area contributed by atoms with Crippen molar-refractivity contribution >= 4 is 51.3 Å². The summed E-state index contributed by atoms with van der Waals surface area (Å²) in [4.78, 5) is 16.5. The first kappa shape index (κ1) is 38.2. The predicted molar refractivity (Wildman–Crippen MR) is 227 cm³/mol. The second-order valence-electron chi connectivity index (χ2n) is 14.7. The van der Waals surface area contributed by atoms with E-state index < -0.39 is 0 Å². The number of pyridine rings is 1. The van der Waals surface area contributed by atoms with E-state index in [1.807, 2.05) is 68.4 Å². The van der Waals surface area contributed by atoms with Crippen LogP contribution in [0.4, 0.5) is 0 Å². The third kappa shape index (κ3) is 7.38. The fourth-order valence-corrected chi connectivity index (χ4v) is 8.35. The molecule has 0 N–H and O–H groups in total. The zero-order valence-corrected chi connectivity index (χ0v) is 34.1. The lowest BCUT2D eigenvalue weighted by Crippen LogP contribution is -2.08. The van der Waals surface area contributed by atoms with Gasteiger partial charge in [-0.05, 0) is 148 Å². The van der Waals surface area contributed by atoms with Gasteiger partial charge in [0.05, 0.1) is 28.5 Å². The van der Waals surface area contributed by atoms with Gasteiger partial charge in [0.15, 0.2) is 0 Å². The number of hydrogen-bond acceptors (Lipinski definition) is 4. The fourth-order valence-electron chi connectivity index (χ4n) is 7.99. The molecule has 4 aromatic carbocycles. The van der Waals surface area contributed by atoms with Crippen LogP contribution in [0.2, 0.25) is 10.0 Å². The van der Waals surface area contributed by atoms with Gasteiger partial charge in [0, 0.05) is 63.5 Å². The maximum absolute atomic E-state index is 12.1. The highest BCUT2D eigenvalue weighted by Crippen LogP contribution is 2.48. The van der Waals surface area contributed by atoms with Crippen molar-refractivity contribution in [3.05, 3.63) is 134 Å². The van der Waals surface area contributed by atoms with E-state index in [1.54, 1.807) is 6.20 Å². The summed E-state index contributed by atoms with van der Waals surface area (Å²) in [5.41, 5.74) is 13.4. The van der Waals surface area contributed by atoms with Crippen LogP contribution < -0.4 is 9.47 Å². The number of rotatable bonds is 13. The predicted octanol–water partition coefficient (Wildman–Crippen LogP) is 12.8. The molecule has 0 fully saturated rings. The van der Waals surface area contributed by atoms with E-state index >= 15 is 0 Å². The van der Waals surface area contributed by atoms with Crippen LogP contribution in [0.5, 0.6) is 11.5 Å². The highest BCUT2D eigenvalue weighted by Gasteiger charge is 2.28. The van der Waals surface area contributed by atoms with Gasteiger partial charge in [-0.2, -0.15) is 0 Å². The lowest BCUT2D eigenvalue weighted by molar-refractivity contribution is 0.112. The number of aromatic nitrogens is 3. The summed E-state index contributed by atoms with van der Waals surface area (Å²) in [6.07, 6.45) is 7.37. The normalized spacial score (nSPS) is 12.1. The fraction of sp³-hybridized carbons (Fsp3) is 0.277. The molecule has 55 heavy (non-hydrogen) atoms. The second-order valence-corrected chi connectivity index (χ2v) is 15.5. The molecular formula is C47H47Cl2N3O3. The molecule has 3 heterocycles. The number of fused-ring (bicyclic) bond motifs is 2.